The zero-order valence-electron chi connectivity index (χ0n) is 14.1. The summed E-state index contributed by atoms with van der Waals surface area (Å²) >= 11 is 1.67. The summed E-state index contributed by atoms with van der Waals surface area (Å²) in [7, 11) is 1.74. The lowest BCUT2D eigenvalue weighted by atomic mass is 10.1. The molecule has 2 N–H and O–H groups in total. The van der Waals surface area contributed by atoms with Crippen LogP contribution in [0.4, 0.5) is 8.78 Å². The number of nitrogens with zero attached hydrogens (tertiary/aromatic N) is 3. The average molecular weight is 473 g/mol. The molecule has 1 aromatic rings. The molecular weight excluding hydrogens is 447 g/mol. The monoisotopic (exact) mass is 473 g/mol. The smallest absolute Gasteiger partial charge is 0.251 e. The summed E-state index contributed by atoms with van der Waals surface area (Å²) in [6.45, 7) is 4.01. The molecule has 9 heteroatoms. The van der Waals surface area contributed by atoms with Crippen molar-refractivity contribution in [2.75, 3.05) is 26.7 Å². The van der Waals surface area contributed by atoms with Gasteiger partial charge in [0.05, 0.1) is 23.8 Å². The summed E-state index contributed by atoms with van der Waals surface area (Å²) in [5, 5.41) is 9.83. The Morgan fingerprint density at radius 3 is 2.71 bits per heavy atom. The fraction of sp³-hybridized carbons (Fsp3) is 0.733. The highest BCUT2D eigenvalue weighted by molar-refractivity contribution is 14.0. The quantitative estimate of drug-likeness (QED) is 0.379. The lowest BCUT2D eigenvalue weighted by Crippen LogP contribution is -2.49. The largest absolute Gasteiger partial charge is 0.354 e. The van der Waals surface area contributed by atoms with Crippen molar-refractivity contribution in [1.29, 1.82) is 0 Å². The van der Waals surface area contributed by atoms with E-state index in [1.165, 1.54) is 0 Å². The summed E-state index contributed by atoms with van der Waals surface area (Å²) in [6, 6.07) is 0.275. The predicted octanol–water partition coefficient (Wildman–Crippen LogP) is 2.72. The Bertz CT molecular complexity index is 504. The van der Waals surface area contributed by atoms with E-state index in [1.54, 1.807) is 18.4 Å². The highest BCUT2D eigenvalue weighted by atomic mass is 127. The second-order valence-electron chi connectivity index (χ2n) is 5.62. The molecule has 2 heterocycles. The Hall–Kier alpha value is -0.550. The van der Waals surface area contributed by atoms with Crippen molar-refractivity contribution in [3.05, 3.63) is 16.1 Å². The molecule has 1 saturated heterocycles. The van der Waals surface area contributed by atoms with Gasteiger partial charge in [-0.15, -0.1) is 35.3 Å². The van der Waals surface area contributed by atoms with Gasteiger partial charge in [-0.1, -0.05) is 6.92 Å². The third kappa shape index (κ3) is 7.14. The molecule has 1 aliphatic heterocycles. The maximum Gasteiger partial charge on any atom is 0.251 e. The van der Waals surface area contributed by atoms with E-state index in [-0.39, 0.29) is 36.6 Å². The molecule has 2 rings (SSSR count). The molecule has 0 saturated carbocycles. The number of hydrogen-bond acceptors (Lipinski definition) is 4. The lowest BCUT2D eigenvalue weighted by molar-refractivity contribution is 0.0744. The van der Waals surface area contributed by atoms with Gasteiger partial charge in [-0.3, -0.25) is 9.89 Å². The molecule has 0 bridgehead atoms. The molecule has 1 fully saturated rings. The molecule has 0 radical (unpaired) electrons. The van der Waals surface area contributed by atoms with Gasteiger partial charge >= 0.3 is 0 Å². The van der Waals surface area contributed by atoms with Crippen LogP contribution in [0.3, 0.4) is 0 Å². The summed E-state index contributed by atoms with van der Waals surface area (Å²) in [5.74, 6) is 0.739. The first-order valence-electron chi connectivity index (χ1n) is 8.01. The highest BCUT2D eigenvalue weighted by Gasteiger charge is 2.21. The van der Waals surface area contributed by atoms with Crippen LogP contribution in [0.5, 0.6) is 0 Å². The Balaban J connectivity index is 0.00000288. The third-order valence-electron chi connectivity index (χ3n) is 3.89. The van der Waals surface area contributed by atoms with Crippen LogP contribution in [0.1, 0.15) is 30.5 Å². The topological polar surface area (TPSA) is 52.6 Å². The van der Waals surface area contributed by atoms with Gasteiger partial charge in [0.15, 0.2) is 5.96 Å². The van der Waals surface area contributed by atoms with Crippen molar-refractivity contribution >= 4 is 41.3 Å². The number of aryl methyl sites for hydroxylation is 1. The molecular formula is C15H26F2IN5S. The third-order valence-corrected chi connectivity index (χ3v) is 4.93. The van der Waals surface area contributed by atoms with Crippen LogP contribution in [0.2, 0.25) is 0 Å². The molecule has 0 spiro atoms. The molecule has 24 heavy (non-hydrogen) atoms. The zero-order chi connectivity index (χ0) is 16.7. The fourth-order valence-corrected chi connectivity index (χ4v) is 3.35. The van der Waals surface area contributed by atoms with Crippen molar-refractivity contribution in [1.82, 2.24) is 20.5 Å². The van der Waals surface area contributed by atoms with Crippen molar-refractivity contribution in [3.8, 4) is 0 Å². The van der Waals surface area contributed by atoms with E-state index < -0.39 is 6.43 Å². The number of likely N-dealkylation sites (tertiary alicyclic amines) is 1. The van der Waals surface area contributed by atoms with Gasteiger partial charge < -0.3 is 10.6 Å². The maximum atomic E-state index is 12.4. The van der Waals surface area contributed by atoms with Crippen LogP contribution >= 0.6 is 35.3 Å². The second kappa shape index (κ2) is 11.1. The summed E-state index contributed by atoms with van der Waals surface area (Å²) < 4.78 is 24.8. The molecule has 0 amide bonds. The van der Waals surface area contributed by atoms with Gasteiger partial charge in [0.2, 0.25) is 0 Å². The minimum atomic E-state index is -2.25. The Kier molecular flexibility index (Phi) is 9.98. The van der Waals surface area contributed by atoms with Gasteiger partial charge in [-0.05, 0) is 19.3 Å². The molecule has 1 aliphatic rings. The van der Waals surface area contributed by atoms with E-state index in [9.17, 15) is 8.78 Å². The predicted molar refractivity (Wildman–Crippen MR) is 106 cm³/mol. The Morgan fingerprint density at radius 1 is 1.46 bits per heavy atom. The number of rotatable bonds is 6. The number of nitrogens with one attached hydrogen (secondary N) is 2. The SMILES string of the molecule is CCc1nc(CNC(=NC)NC2CCN(CC(F)F)CC2)cs1.I. The van der Waals surface area contributed by atoms with Crippen LogP contribution in [0.15, 0.2) is 10.4 Å². The van der Waals surface area contributed by atoms with Crippen LogP contribution < -0.4 is 10.6 Å². The molecule has 1 aromatic heterocycles. The first-order chi connectivity index (χ1) is 11.1. The van der Waals surface area contributed by atoms with Crippen LogP contribution in [0.25, 0.3) is 0 Å². The summed E-state index contributed by atoms with van der Waals surface area (Å²) in [6.07, 6.45) is 0.406. The Morgan fingerprint density at radius 2 is 2.17 bits per heavy atom. The maximum absolute atomic E-state index is 12.4. The molecule has 138 valence electrons. The lowest BCUT2D eigenvalue weighted by Gasteiger charge is -2.32. The van der Waals surface area contributed by atoms with Gasteiger partial charge in [0.1, 0.15) is 0 Å². The number of halogens is 3. The highest BCUT2D eigenvalue weighted by Crippen LogP contribution is 2.12. The fourth-order valence-electron chi connectivity index (χ4n) is 2.61. The average Bonchev–Trinajstić information content (AvgIpc) is 3.00. The van der Waals surface area contributed by atoms with Gasteiger partial charge in [-0.25, -0.2) is 13.8 Å². The molecule has 0 aromatic carbocycles. The first-order valence-corrected chi connectivity index (χ1v) is 8.89. The normalized spacial score (nSPS) is 17.0. The van der Waals surface area contributed by atoms with Crippen LogP contribution in [-0.2, 0) is 13.0 Å². The summed E-state index contributed by atoms with van der Waals surface area (Å²) in [4.78, 5) is 10.6. The minimum absolute atomic E-state index is 0. The van der Waals surface area contributed by atoms with E-state index in [0.717, 1.165) is 35.9 Å². The van der Waals surface area contributed by atoms with E-state index in [0.29, 0.717) is 19.6 Å². The molecule has 0 unspecified atom stereocenters. The van der Waals surface area contributed by atoms with E-state index in [2.05, 4.69) is 32.9 Å². The van der Waals surface area contributed by atoms with Crippen molar-refractivity contribution < 1.29 is 8.78 Å². The summed E-state index contributed by atoms with van der Waals surface area (Å²) in [5.41, 5.74) is 1.02. The van der Waals surface area contributed by atoms with E-state index in [4.69, 9.17) is 0 Å². The van der Waals surface area contributed by atoms with Gasteiger partial charge in [0, 0.05) is 31.6 Å². The number of thiazole rings is 1. The number of hydrogen-bond donors (Lipinski definition) is 2. The second-order valence-corrected chi connectivity index (χ2v) is 6.56. The number of guanidine groups is 1. The number of aromatic nitrogens is 1. The van der Waals surface area contributed by atoms with Gasteiger partial charge in [0.25, 0.3) is 6.43 Å². The van der Waals surface area contributed by atoms with Crippen molar-refractivity contribution in [3.63, 3.8) is 0 Å². The minimum Gasteiger partial charge on any atom is -0.354 e. The number of piperidine rings is 1. The molecule has 0 atom stereocenters. The zero-order valence-corrected chi connectivity index (χ0v) is 17.2. The van der Waals surface area contributed by atoms with E-state index in [1.807, 2.05) is 4.90 Å². The standard InChI is InChI=1S/C15H25F2N5S.HI/c1-3-14-20-12(10-23-14)8-19-15(18-2)21-11-4-6-22(7-5-11)9-13(16)17;/h10-11,13H,3-9H2,1-2H3,(H2,18,19,21);1H. The van der Waals surface area contributed by atoms with E-state index >= 15 is 0 Å². The number of alkyl halides is 2. The van der Waals surface area contributed by atoms with Crippen LogP contribution in [0, 0.1) is 0 Å². The van der Waals surface area contributed by atoms with Crippen molar-refractivity contribution in [2.24, 2.45) is 4.99 Å². The Labute approximate surface area is 163 Å². The van der Waals surface area contributed by atoms with Crippen molar-refractivity contribution in [2.45, 2.75) is 45.2 Å². The van der Waals surface area contributed by atoms with Gasteiger partial charge in [-0.2, -0.15) is 0 Å². The molecule has 0 aliphatic carbocycles. The van der Waals surface area contributed by atoms with Crippen LogP contribution in [-0.4, -0.2) is 55.0 Å². The number of aliphatic imine (C=N–C) groups is 1. The molecule has 5 nitrogen and oxygen atoms in total. The first kappa shape index (κ1) is 21.5.